The minimum atomic E-state index is -0.0713. The molecule has 0 atom stereocenters. The number of rotatable bonds is 6. The van der Waals surface area contributed by atoms with Crippen LogP contribution in [-0.4, -0.2) is 63.4 Å². The maximum Gasteiger partial charge on any atom is 0.253 e. The number of carbonyl (C=O) groups is 2. The second-order valence-corrected chi connectivity index (χ2v) is 6.86. The quantitative estimate of drug-likeness (QED) is 0.775. The van der Waals surface area contributed by atoms with E-state index in [1.807, 2.05) is 13.8 Å². The van der Waals surface area contributed by atoms with Crippen LogP contribution in [0.5, 0.6) is 0 Å². The van der Waals surface area contributed by atoms with E-state index in [2.05, 4.69) is 15.1 Å². The first-order valence-corrected chi connectivity index (χ1v) is 8.72. The summed E-state index contributed by atoms with van der Waals surface area (Å²) >= 11 is 0. The highest BCUT2D eigenvalue weighted by molar-refractivity contribution is 5.93. The van der Waals surface area contributed by atoms with Gasteiger partial charge in [0.1, 0.15) is 0 Å². The number of pyridine rings is 1. The summed E-state index contributed by atoms with van der Waals surface area (Å²) in [7, 11) is 1.74. The summed E-state index contributed by atoms with van der Waals surface area (Å²) in [5.41, 5.74) is 0.598. The van der Waals surface area contributed by atoms with E-state index in [1.54, 1.807) is 41.4 Å². The monoisotopic (exact) mass is 357 g/mol. The van der Waals surface area contributed by atoms with Crippen LogP contribution in [-0.2, 0) is 11.2 Å². The molecule has 0 unspecified atom stereocenters. The molecule has 0 N–H and O–H groups in total. The number of carbonyl (C=O) groups excluding carboxylic acids is 2. The van der Waals surface area contributed by atoms with Crippen LogP contribution in [0, 0.1) is 5.92 Å². The van der Waals surface area contributed by atoms with Gasteiger partial charge in [0.2, 0.25) is 11.8 Å². The van der Waals surface area contributed by atoms with Gasteiger partial charge in [0, 0.05) is 57.0 Å². The van der Waals surface area contributed by atoms with E-state index >= 15 is 0 Å². The average molecular weight is 357 g/mol. The molecule has 0 saturated carbocycles. The first kappa shape index (κ1) is 18.0. The van der Waals surface area contributed by atoms with Gasteiger partial charge in [-0.2, -0.15) is 4.98 Å². The van der Waals surface area contributed by atoms with Crippen LogP contribution in [0.1, 0.15) is 41.8 Å². The number of hydrogen-bond acceptors (Lipinski definition) is 6. The van der Waals surface area contributed by atoms with Crippen molar-refractivity contribution in [3.8, 4) is 0 Å². The zero-order valence-electron chi connectivity index (χ0n) is 15.3. The lowest BCUT2D eigenvalue weighted by Gasteiger charge is -2.38. The van der Waals surface area contributed by atoms with Crippen LogP contribution in [0.4, 0.5) is 0 Å². The average Bonchev–Trinajstić information content (AvgIpc) is 3.06. The van der Waals surface area contributed by atoms with E-state index in [9.17, 15) is 9.59 Å². The molecule has 1 aliphatic rings. The van der Waals surface area contributed by atoms with Crippen molar-refractivity contribution in [2.45, 2.75) is 26.2 Å². The Bertz CT molecular complexity index is 768. The van der Waals surface area contributed by atoms with E-state index in [0.717, 1.165) is 0 Å². The van der Waals surface area contributed by atoms with Crippen LogP contribution in [0.2, 0.25) is 0 Å². The second kappa shape index (κ2) is 7.63. The maximum atomic E-state index is 12.3. The van der Waals surface area contributed by atoms with Crippen molar-refractivity contribution in [2.75, 3.05) is 26.7 Å². The van der Waals surface area contributed by atoms with Gasteiger partial charge in [-0.1, -0.05) is 19.0 Å². The zero-order chi connectivity index (χ0) is 18.7. The molecule has 0 spiro atoms. The number of likely N-dealkylation sites (N-methyl/N-ethyl adjacent to an activating group) is 1. The number of likely N-dealkylation sites (tertiary alicyclic amines) is 1. The summed E-state index contributed by atoms with van der Waals surface area (Å²) in [6.45, 7) is 5.52. The molecule has 138 valence electrons. The normalized spacial score (nSPS) is 14.4. The maximum absolute atomic E-state index is 12.3. The Hall–Kier alpha value is -2.77. The summed E-state index contributed by atoms with van der Waals surface area (Å²) in [6.07, 6.45) is 3.70. The topological polar surface area (TPSA) is 92.4 Å². The molecule has 8 nitrogen and oxygen atoms in total. The molecule has 0 bridgehead atoms. The van der Waals surface area contributed by atoms with Crippen molar-refractivity contribution in [2.24, 2.45) is 5.92 Å². The lowest BCUT2D eigenvalue weighted by atomic mass is 9.98. The van der Waals surface area contributed by atoms with Gasteiger partial charge >= 0.3 is 0 Å². The van der Waals surface area contributed by atoms with Crippen molar-refractivity contribution in [1.29, 1.82) is 0 Å². The van der Waals surface area contributed by atoms with E-state index in [-0.39, 0.29) is 23.7 Å². The first-order chi connectivity index (χ1) is 12.5. The fourth-order valence-corrected chi connectivity index (χ4v) is 2.80. The van der Waals surface area contributed by atoms with E-state index < -0.39 is 0 Å². The Kier molecular flexibility index (Phi) is 5.29. The molecular weight excluding hydrogens is 334 g/mol. The van der Waals surface area contributed by atoms with E-state index in [1.165, 1.54) is 0 Å². The van der Waals surface area contributed by atoms with Gasteiger partial charge in [0.15, 0.2) is 5.82 Å². The van der Waals surface area contributed by atoms with Crippen molar-refractivity contribution in [3.63, 3.8) is 0 Å². The Morgan fingerprint density at radius 1 is 1.31 bits per heavy atom. The number of hydrogen-bond donors (Lipinski definition) is 0. The fraction of sp³-hybridized carbons (Fsp3) is 0.500. The molecule has 1 aliphatic heterocycles. The molecule has 3 heterocycles. The lowest BCUT2D eigenvalue weighted by molar-refractivity contribution is -0.139. The van der Waals surface area contributed by atoms with Crippen LogP contribution in [0.3, 0.4) is 0 Å². The van der Waals surface area contributed by atoms with Gasteiger partial charge in [0.25, 0.3) is 5.91 Å². The molecule has 0 aromatic carbocycles. The van der Waals surface area contributed by atoms with E-state index in [0.29, 0.717) is 43.3 Å². The predicted molar refractivity (Wildman–Crippen MR) is 93.4 cm³/mol. The summed E-state index contributed by atoms with van der Waals surface area (Å²) in [5, 5.41) is 3.99. The minimum absolute atomic E-state index is 0.00247. The molecule has 3 rings (SSSR count). The molecular formula is C18H23N5O3. The van der Waals surface area contributed by atoms with Crippen LogP contribution in [0.15, 0.2) is 29.0 Å². The molecule has 8 heteroatoms. The van der Waals surface area contributed by atoms with Gasteiger partial charge in [-0.25, -0.2) is 0 Å². The molecule has 2 aromatic heterocycles. The van der Waals surface area contributed by atoms with E-state index in [4.69, 9.17) is 4.52 Å². The largest absolute Gasteiger partial charge is 0.341 e. The fourth-order valence-electron chi connectivity index (χ4n) is 2.80. The lowest BCUT2D eigenvalue weighted by Crippen LogP contribution is -2.50. The third-order valence-electron chi connectivity index (χ3n) is 4.46. The summed E-state index contributed by atoms with van der Waals surface area (Å²) < 4.78 is 5.32. The van der Waals surface area contributed by atoms with Crippen molar-refractivity contribution in [3.05, 3.63) is 41.8 Å². The van der Waals surface area contributed by atoms with Crippen LogP contribution in [0.25, 0.3) is 0 Å². The number of nitrogens with zero attached hydrogens (tertiary/aromatic N) is 5. The molecule has 0 aliphatic carbocycles. The van der Waals surface area contributed by atoms with Gasteiger partial charge < -0.3 is 14.3 Å². The Morgan fingerprint density at radius 2 is 2.00 bits per heavy atom. The molecule has 2 amide bonds. The molecule has 2 aromatic rings. The molecule has 1 saturated heterocycles. The predicted octanol–water partition coefficient (Wildman–Crippen LogP) is 1.36. The first-order valence-electron chi connectivity index (χ1n) is 8.72. The second-order valence-electron chi connectivity index (χ2n) is 6.86. The van der Waals surface area contributed by atoms with Crippen molar-refractivity contribution >= 4 is 11.8 Å². The highest BCUT2D eigenvalue weighted by Gasteiger charge is 2.36. The molecule has 0 radical (unpaired) electrons. The highest BCUT2D eigenvalue weighted by Crippen LogP contribution is 2.27. The number of aromatic nitrogens is 3. The minimum Gasteiger partial charge on any atom is -0.341 e. The Morgan fingerprint density at radius 3 is 2.65 bits per heavy atom. The van der Waals surface area contributed by atoms with Crippen LogP contribution < -0.4 is 0 Å². The zero-order valence-corrected chi connectivity index (χ0v) is 15.3. The van der Waals surface area contributed by atoms with Gasteiger partial charge in [-0.05, 0) is 12.1 Å². The summed E-state index contributed by atoms with van der Waals surface area (Å²) in [6, 6.07) is 3.37. The van der Waals surface area contributed by atoms with Crippen LogP contribution >= 0.6 is 0 Å². The standard InChI is InChI=1S/C18H23N5O3/c1-12(2)17(24)23-10-14(11-23)16-20-15(21-26-16)6-9-22(3)18(25)13-4-7-19-8-5-13/h4-5,7-8,12,14H,6,9-11H2,1-3H3. The molecule has 26 heavy (non-hydrogen) atoms. The summed E-state index contributed by atoms with van der Waals surface area (Å²) in [5.74, 6) is 1.33. The third kappa shape index (κ3) is 3.89. The number of amides is 2. The highest BCUT2D eigenvalue weighted by atomic mass is 16.5. The Balaban J connectivity index is 1.49. The van der Waals surface area contributed by atoms with Gasteiger partial charge in [-0.3, -0.25) is 14.6 Å². The molecule has 1 fully saturated rings. The van der Waals surface area contributed by atoms with Crippen molar-refractivity contribution < 1.29 is 14.1 Å². The Labute approximate surface area is 152 Å². The smallest absolute Gasteiger partial charge is 0.253 e. The SMILES string of the molecule is CC(C)C(=O)N1CC(c2nc(CCN(C)C(=O)c3ccncc3)no2)C1. The summed E-state index contributed by atoms with van der Waals surface area (Å²) in [4.78, 5) is 35.9. The van der Waals surface area contributed by atoms with Gasteiger partial charge in [-0.15, -0.1) is 0 Å². The van der Waals surface area contributed by atoms with Gasteiger partial charge in [0.05, 0.1) is 5.92 Å². The van der Waals surface area contributed by atoms with Crippen molar-refractivity contribution in [1.82, 2.24) is 24.9 Å². The third-order valence-corrected chi connectivity index (χ3v) is 4.46.